The van der Waals surface area contributed by atoms with E-state index in [1.54, 1.807) is 22.1 Å². The van der Waals surface area contributed by atoms with Crippen LogP contribution in [-0.4, -0.2) is 20.6 Å². The number of amides is 1. The number of hydrogen-bond acceptors (Lipinski definition) is 3. The third-order valence-electron chi connectivity index (χ3n) is 5.01. The Morgan fingerprint density at radius 3 is 2.28 bits per heavy atom. The number of carbonyl (C=O) groups excluding carboxylic acids is 1. The first kappa shape index (κ1) is 18.7. The highest BCUT2D eigenvalue weighted by molar-refractivity contribution is 5.92. The molecule has 0 fully saturated rings. The zero-order valence-corrected chi connectivity index (χ0v) is 16.6. The van der Waals surface area contributed by atoms with Crippen molar-refractivity contribution in [3.8, 4) is 11.1 Å². The number of aryl methyl sites for hydroxylation is 2. The molecule has 146 valence electrons. The summed E-state index contributed by atoms with van der Waals surface area (Å²) in [6.45, 7) is 2.90. The summed E-state index contributed by atoms with van der Waals surface area (Å²) in [6.07, 6.45) is 3.29. The minimum atomic E-state index is -0.0953. The molecule has 2 aromatic carbocycles. The van der Waals surface area contributed by atoms with Gasteiger partial charge in [0, 0.05) is 31.4 Å². The summed E-state index contributed by atoms with van der Waals surface area (Å²) in [7, 11) is 1.84. The van der Waals surface area contributed by atoms with E-state index in [4.69, 9.17) is 4.42 Å². The van der Waals surface area contributed by atoms with Gasteiger partial charge in [0.2, 0.25) is 0 Å². The van der Waals surface area contributed by atoms with E-state index in [-0.39, 0.29) is 5.91 Å². The Bertz CT molecular complexity index is 1060. The van der Waals surface area contributed by atoms with Crippen molar-refractivity contribution >= 4 is 5.91 Å². The van der Waals surface area contributed by atoms with Gasteiger partial charge in [-0.2, -0.15) is 5.10 Å². The summed E-state index contributed by atoms with van der Waals surface area (Å²) in [6, 6.07) is 22.3. The van der Waals surface area contributed by atoms with Gasteiger partial charge < -0.3 is 9.32 Å². The van der Waals surface area contributed by atoms with Crippen molar-refractivity contribution in [3.63, 3.8) is 0 Å². The Morgan fingerprint density at radius 1 is 0.966 bits per heavy atom. The molecule has 5 heteroatoms. The fraction of sp³-hybridized carbons (Fsp3) is 0.167. The highest BCUT2D eigenvalue weighted by Crippen LogP contribution is 2.21. The van der Waals surface area contributed by atoms with E-state index in [9.17, 15) is 4.79 Å². The Hall–Kier alpha value is -3.60. The monoisotopic (exact) mass is 385 g/mol. The van der Waals surface area contributed by atoms with Crippen LogP contribution in [0.1, 0.15) is 27.3 Å². The normalized spacial score (nSPS) is 10.8. The van der Waals surface area contributed by atoms with Crippen molar-refractivity contribution in [2.75, 3.05) is 0 Å². The average molecular weight is 385 g/mol. The first-order chi connectivity index (χ1) is 14.1. The highest BCUT2D eigenvalue weighted by atomic mass is 16.3. The van der Waals surface area contributed by atoms with E-state index in [2.05, 4.69) is 41.5 Å². The number of nitrogens with zero attached hydrogens (tertiary/aromatic N) is 3. The molecule has 5 nitrogen and oxygen atoms in total. The molecule has 0 spiro atoms. The molecular weight excluding hydrogens is 362 g/mol. The van der Waals surface area contributed by atoms with Gasteiger partial charge in [-0.3, -0.25) is 9.48 Å². The van der Waals surface area contributed by atoms with Gasteiger partial charge in [0.15, 0.2) is 5.69 Å². The second-order valence-electron chi connectivity index (χ2n) is 7.15. The summed E-state index contributed by atoms with van der Waals surface area (Å²) in [5.41, 5.74) is 5.75. The third-order valence-corrected chi connectivity index (χ3v) is 5.01. The molecule has 4 rings (SSSR count). The van der Waals surface area contributed by atoms with Crippen molar-refractivity contribution in [1.82, 2.24) is 14.7 Å². The van der Waals surface area contributed by atoms with Gasteiger partial charge in [0.05, 0.1) is 12.5 Å². The quantitative estimate of drug-likeness (QED) is 0.478. The van der Waals surface area contributed by atoms with Crippen LogP contribution >= 0.6 is 0 Å². The van der Waals surface area contributed by atoms with E-state index < -0.39 is 0 Å². The zero-order chi connectivity index (χ0) is 20.2. The molecule has 29 heavy (non-hydrogen) atoms. The van der Waals surface area contributed by atoms with Gasteiger partial charge in [0.25, 0.3) is 5.91 Å². The SMILES string of the molecule is Cc1cc(C(=O)N(Cc2ccc(-c3ccccc3)cc2)Cc2ccoc2)nn1C. The molecule has 2 aromatic heterocycles. The van der Waals surface area contributed by atoms with Gasteiger partial charge in [-0.1, -0.05) is 54.6 Å². The van der Waals surface area contributed by atoms with Crippen molar-refractivity contribution in [3.05, 3.63) is 102 Å². The topological polar surface area (TPSA) is 51.3 Å². The first-order valence-electron chi connectivity index (χ1n) is 9.55. The van der Waals surface area contributed by atoms with E-state index in [1.807, 2.05) is 44.3 Å². The number of benzene rings is 2. The average Bonchev–Trinajstić information content (AvgIpc) is 3.38. The molecular formula is C24H23N3O2. The maximum absolute atomic E-state index is 13.1. The summed E-state index contributed by atoms with van der Waals surface area (Å²) in [5, 5.41) is 4.36. The van der Waals surface area contributed by atoms with Crippen LogP contribution in [0.2, 0.25) is 0 Å². The van der Waals surface area contributed by atoms with Crippen LogP contribution in [0.4, 0.5) is 0 Å². The highest BCUT2D eigenvalue weighted by Gasteiger charge is 2.20. The van der Waals surface area contributed by atoms with Crippen LogP contribution in [0.25, 0.3) is 11.1 Å². The summed E-state index contributed by atoms with van der Waals surface area (Å²) < 4.78 is 6.90. The predicted octanol–water partition coefficient (Wildman–Crippen LogP) is 4.83. The van der Waals surface area contributed by atoms with Gasteiger partial charge >= 0.3 is 0 Å². The Morgan fingerprint density at radius 2 is 1.66 bits per heavy atom. The van der Waals surface area contributed by atoms with E-state index in [1.165, 1.54) is 5.56 Å². The van der Waals surface area contributed by atoms with Crippen LogP contribution in [0, 0.1) is 6.92 Å². The van der Waals surface area contributed by atoms with Gasteiger partial charge in [-0.15, -0.1) is 0 Å². The second kappa shape index (κ2) is 8.19. The molecule has 0 N–H and O–H groups in total. The van der Waals surface area contributed by atoms with Crippen LogP contribution in [-0.2, 0) is 20.1 Å². The van der Waals surface area contributed by atoms with Gasteiger partial charge in [-0.25, -0.2) is 0 Å². The molecule has 2 heterocycles. The molecule has 0 unspecified atom stereocenters. The standard InChI is InChI=1S/C24H23N3O2/c1-18-14-23(25-26(18)2)24(28)27(16-20-12-13-29-17-20)15-19-8-10-22(11-9-19)21-6-4-3-5-7-21/h3-14,17H,15-16H2,1-2H3. The van der Waals surface area contributed by atoms with Crippen LogP contribution in [0.3, 0.4) is 0 Å². The molecule has 4 aromatic rings. The zero-order valence-electron chi connectivity index (χ0n) is 16.6. The number of hydrogen-bond donors (Lipinski definition) is 0. The molecule has 0 bridgehead atoms. The summed E-state index contributed by atoms with van der Waals surface area (Å²) >= 11 is 0. The summed E-state index contributed by atoms with van der Waals surface area (Å²) in [4.78, 5) is 14.9. The number of rotatable bonds is 6. The third kappa shape index (κ3) is 4.29. The molecule has 0 aliphatic carbocycles. The minimum absolute atomic E-state index is 0.0953. The maximum atomic E-state index is 13.1. The maximum Gasteiger partial charge on any atom is 0.274 e. The smallest absolute Gasteiger partial charge is 0.274 e. The predicted molar refractivity (Wildman–Crippen MR) is 112 cm³/mol. The number of aromatic nitrogens is 2. The molecule has 0 aliphatic rings. The molecule has 0 atom stereocenters. The Balaban J connectivity index is 1.57. The number of carbonyl (C=O) groups is 1. The van der Waals surface area contributed by atoms with Crippen LogP contribution in [0.15, 0.2) is 83.7 Å². The van der Waals surface area contributed by atoms with Crippen LogP contribution < -0.4 is 0 Å². The molecule has 0 saturated heterocycles. The lowest BCUT2D eigenvalue weighted by Gasteiger charge is -2.21. The Labute approximate surface area is 170 Å². The van der Waals surface area contributed by atoms with Gasteiger partial charge in [0.1, 0.15) is 0 Å². The van der Waals surface area contributed by atoms with Crippen LogP contribution in [0.5, 0.6) is 0 Å². The van der Waals surface area contributed by atoms with E-state index in [0.29, 0.717) is 18.8 Å². The first-order valence-corrected chi connectivity index (χ1v) is 9.55. The molecule has 1 amide bonds. The lowest BCUT2D eigenvalue weighted by molar-refractivity contribution is 0.0723. The largest absolute Gasteiger partial charge is 0.472 e. The Kier molecular flexibility index (Phi) is 5.29. The molecule has 0 saturated carbocycles. The van der Waals surface area contributed by atoms with Gasteiger partial charge in [-0.05, 0) is 35.7 Å². The molecule has 0 aliphatic heterocycles. The van der Waals surface area contributed by atoms with E-state index in [0.717, 1.165) is 22.4 Å². The fourth-order valence-electron chi connectivity index (χ4n) is 3.28. The number of furan rings is 1. The van der Waals surface area contributed by atoms with Crippen molar-refractivity contribution in [2.24, 2.45) is 7.05 Å². The molecule has 0 radical (unpaired) electrons. The fourth-order valence-corrected chi connectivity index (χ4v) is 3.28. The lowest BCUT2D eigenvalue weighted by atomic mass is 10.0. The minimum Gasteiger partial charge on any atom is -0.472 e. The van der Waals surface area contributed by atoms with Crippen molar-refractivity contribution < 1.29 is 9.21 Å². The van der Waals surface area contributed by atoms with Crippen molar-refractivity contribution in [1.29, 1.82) is 0 Å². The second-order valence-corrected chi connectivity index (χ2v) is 7.15. The lowest BCUT2D eigenvalue weighted by Crippen LogP contribution is -2.30. The van der Waals surface area contributed by atoms with Crippen molar-refractivity contribution in [2.45, 2.75) is 20.0 Å². The van der Waals surface area contributed by atoms with E-state index >= 15 is 0 Å². The summed E-state index contributed by atoms with van der Waals surface area (Å²) in [5.74, 6) is -0.0953.